The monoisotopic (exact) mass is 128 g/mol. The normalized spacial score (nSPS) is 43.7. The van der Waals surface area contributed by atoms with Crippen LogP contribution in [0.15, 0.2) is 0 Å². The number of hydrogen-bond donors (Lipinski definition) is 0. The van der Waals surface area contributed by atoms with Gasteiger partial charge in [-0.2, -0.15) is 0 Å². The van der Waals surface area contributed by atoms with Crippen molar-refractivity contribution < 1.29 is 4.48 Å². The van der Waals surface area contributed by atoms with Gasteiger partial charge >= 0.3 is 0 Å². The van der Waals surface area contributed by atoms with Crippen LogP contribution < -0.4 is 0 Å². The summed E-state index contributed by atoms with van der Waals surface area (Å²) in [6.07, 6.45) is 1.43. The van der Waals surface area contributed by atoms with Gasteiger partial charge < -0.3 is 4.48 Å². The van der Waals surface area contributed by atoms with Gasteiger partial charge in [0, 0.05) is 12.3 Å². The van der Waals surface area contributed by atoms with Crippen LogP contribution in [0.4, 0.5) is 0 Å². The molecule has 1 rings (SSSR count). The van der Waals surface area contributed by atoms with Gasteiger partial charge in [0.2, 0.25) is 0 Å². The second kappa shape index (κ2) is 2.30. The highest BCUT2D eigenvalue weighted by molar-refractivity contribution is 4.59. The average molecular weight is 128 g/mol. The van der Waals surface area contributed by atoms with Crippen LogP contribution in [0, 0.1) is 5.92 Å². The summed E-state index contributed by atoms with van der Waals surface area (Å²) in [6, 6.07) is 0. The highest BCUT2D eigenvalue weighted by Crippen LogP contribution is 2.20. The lowest BCUT2D eigenvalue weighted by molar-refractivity contribution is -0.897. The first-order chi connectivity index (χ1) is 4.16. The van der Waals surface area contributed by atoms with Gasteiger partial charge in [0.05, 0.1) is 26.7 Å². The molecule has 1 aliphatic heterocycles. The van der Waals surface area contributed by atoms with Gasteiger partial charge in [-0.25, -0.2) is 0 Å². The van der Waals surface area contributed by atoms with Crippen molar-refractivity contribution in [1.82, 2.24) is 0 Å². The fourth-order valence-electron chi connectivity index (χ4n) is 1.75. The average Bonchev–Trinajstić information content (AvgIpc) is 2.13. The quantitative estimate of drug-likeness (QED) is 0.469. The predicted octanol–water partition coefficient (Wildman–Crippen LogP) is 1.49. The first-order valence-corrected chi connectivity index (χ1v) is 4.00. The van der Waals surface area contributed by atoms with Crippen LogP contribution in [-0.4, -0.2) is 31.2 Å². The zero-order chi connectivity index (χ0) is 6.91. The molecule has 1 nitrogen and oxygen atoms in total. The van der Waals surface area contributed by atoms with E-state index in [0.29, 0.717) is 0 Å². The molecule has 0 aliphatic carbocycles. The van der Waals surface area contributed by atoms with Crippen LogP contribution in [0.2, 0.25) is 0 Å². The molecule has 0 aromatic rings. The van der Waals surface area contributed by atoms with Gasteiger partial charge in [-0.3, -0.25) is 0 Å². The smallest absolute Gasteiger partial charge is 0.0812 e. The van der Waals surface area contributed by atoms with Gasteiger partial charge in [-0.1, -0.05) is 6.92 Å². The maximum atomic E-state index is 2.36. The Labute approximate surface area is 58.3 Å². The zero-order valence-corrected chi connectivity index (χ0v) is 6.85. The fourth-order valence-corrected chi connectivity index (χ4v) is 1.75. The molecule has 1 aliphatic rings. The van der Waals surface area contributed by atoms with Crippen molar-refractivity contribution >= 4 is 0 Å². The summed E-state index contributed by atoms with van der Waals surface area (Å²) < 4.78 is 1.31. The van der Waals surface area contributed by atoms with Crippen LogP contribution in [-0.2, 0) is 0 Å². The van der Waals surface area contributed by atoms with Crippen LogP contribution >= 0.6 is 0 Å². The molecule has 1 heterocycles. The minimum absolute atomic E-state index is 0.968. The van der Waals surface area contributed by atoms with Crippen molar-refractivity contribution in [3.63, 3.8) is 0 Å². The number of quaternary nitrogens is 1. The molecule has 0 aromatic carbocycles. The van der Waals surface area contributed by atoms with Crippen LogP contribution in [0.3, 0.4) is 0 Å². The highest BCUT2D eigenvalue weighted by atomic mass is 15.3. The molecule has 0 radical (unpaired) electrons. The Kier molecular flexibility index (Phi) is 1.80. The largest absolute Gasteiger partial charge is 0.326 e. The lowest BCUT2D eigenvalue weighted by Crippen LogP contribution is -2.40. The van der Waals surface area contributed by atoms with Crippen molar-refractivity contribution in [3.05, 3.63) is 0 Å². The first-order valence-electron chi connectivity index (χ1n) is 4.00. The summed E-state index contributed by atoms with van der Waals surface area (Å²) in [7, 11) is 2.36. The lowest BCUT2D eigenvalue weighted by atomic mass is 10.2. The third-order valence-corrected chi connectivity index (χ3v) is 2.68. The summed E-state index contributed by atoms with van der Waals surface area (Å²) in [5.74, 6) is 0.968. The molecule has 0 bridgehead atoms. The van der Waals surface area contributed by atoms with E-state index in [2.05, 4.69) is 20.9 Å². The molecule has 1 saturated heterocycles. The van der Waals surface area contributed by atoms with Crippen LogP contribution in [0.25, 0.3) is 0 Å². The molecule has 0 spiro atoms. The highest BCUT2D eigenvalue weighted by Gasteiger charge is 2.29. The Morgan fingerprint density at radius 2 is 2.22 bits per heavy atom. The molecule has 1 fully saturated rings. The number of hydrogen-bond acceptors (Lipinski definition) is 0. The lowest BCUT2D eigenvalue weighted by Gasteiger charge is -2.27. The maximum Gasteiger partial charge on any atom is 0.0812 e. The number of likely N-dealkylation sites (tertiary alicyclic amines) is 1. The van der Waals surface area contributed by atoms with Gasteiger partial charge in [0.1, 0.15) is 0 Å². The molecule has 0 amide bonds. The molecule has 0 N–H and O–H groups in total. The molecule has 2 unspecified atom stereocenters. The first kappa shape index (κ1) is 7.07. The third-order valence-electron chi connectivity index (χ3n) is 2.68. The zero-order valence-electron chi connectivity index (χ0n) is 6.85. The molecule has 0 aromatic heterocycles. The van der Waals surface area contributed by atoms with Crippen molar-refractivity contribution in [2.24, 2.45) is 5.92 Å². The van der Waals surface area contributed by atoms with Crippen molar-refractivity contribution in [3.8, 4) is 0 Å². The minimum atomic E-state index is 0.968. The molecule has 2 atom stereocenters. The Balaban J connectivity index is 2.45. The Hall–Kier alpha value is -0.0400. The summed E-state index contributed by atoms with van der Waals surface area (Å²) in [6.45, 7) is 8.76. The molecular formula is C8H18N+. The van der Waals surface area contributed by atoms with Crippen LogP contribution in [0.5, 0.6) is 0 Å². The van der Waals surface area contributed by atoms with E-state index in [1.165, 1.54) is 30.5 Å². The maximum absolute atomic E-state index is 2.36. The van der Waals surface area contributed by atoms with E-state index in [-0.39, 0.29) is 0 Å². The van der Waals surface area contributed by atoms with E-state index in [1.54, 1.807) is 0 Å². The second-order valence-electron chi connectivity index (χ2n) is 3.74. The third kappa shape index (κ3) is 1.45. The van der Waals surface area contributed by atoms with E-state index >= 15 is 0 Å². The van der Waals surface area contributed by atoms with Gasteiger partial charge in [-0.15, -0.1) is 0 Å². The van der Waals surface area contributed by atoms with E-state index in [4.69, 9.17) is 0 Å². The van der Waals surface area contributed by atoms with Crippen LogP contribution in [0.1, 0.15) is 20.3 Å². The summed E-state index contributed by atoms with van der Waals surface area (Å²) in [4.78, 5) is 0. The van der Waals surface area contributed by atoms with Gasteiger partial charge in [-0.05, 0) is 6.92 Å². The van der Waals surface area contributed by atoms with E-state index in [0.717, 1.165) is 5.92 Å². The predicted molar refractivity (Wildman–Crippen MR) is 40.2 cm³/mol. The summed E-state index contributed by atoms with van der Waals surface area (Å²) in [5, 5.41) is 0. The Bertz CT molecular complexity index is 101. The number of nitrogens with zero attached hydrogens (tertiary/aromatic N) is 1. The minimum Gasteiger partial charge on any atom is -0.326 e. The van der Waals surface area contributed by atoms with Crippen molar-refractivity contribution in [1.29, 1.82) is 0 Å². The summed E-state index contributed by atoms with van der Waals surface area (Å²) in [5.41, 5.74) is 0. The SMILES string of the molecule is CC[N+]1(C)CCC(C)C1. The van der Waals surface area contributed by atoms with Crippen molar-refractivity contribution in [2.75, 3.05) is 26.7 Å². The topological polar surface area (TPSA) is 0 Å². The number of rotatable bonds is 1. The molecule has 9 heavy (non-hydrogen) atoms. The molecule has 0 saturated carbocycles. The molecule has 54 valence electrons. The second-order valence-corrected chi connectivity index (χ2v) is 3.74. The Morgan fingerprint density at radius 1 is 1.56 bits per heavy atom. The van der Waals surface area contributed by atoms with Gasteiger partial charge in [0.15, 0.2) is 0 Å². The van der Waals surface area contributed by atoms with Crippen molar-refractivity contribution in [2.45, 2.75) is 20.3 Å². The Morgan fingerprint density at radius 3 is 2.44 bits per heavy atom. The molecular weight excluding hydrogens is 110 g/mol. The van der Waals surface area contributed by atoms with E-state index in [9.17, 15) is 0 Å². The molecule has 1 heteroatoms. The standard InChI is InChI=1S/C8H18N/c1-4-9(3)6-5-8(2)7-9/h8H,4-7H2,1-3H3/q+1. The van der Waals surface area contributed by atoms with E-state index in [1.807, 2.05) is 0 Å². The fraction of sp³-hybridized carbons (Fsp3) is 1.00. The van der Waals surface area contributed by atoms with Gasteiger partial charge in [0.25, 0.3) is 0 Å². The van der Waals surface area contributed by atoms with E-state index < -0.39 is 0 Å². The summed E-state index contributed by atoms with van der Waals surface area (Å²) >= 11 is 0.